The zero-order valence-corrected chi connectivity index (χ0v) is 6.92. The van der Waals surface area contributed by atoms with E-state index in [9.17, 15) is 5.11 Å². The Labute approximate surface area is 68.1 Å². The minimum Gasteiger partial charge on any atom is -0.390 e. The molecule has 2 bridgehead atoms. The number of fused-ring (bicyclic) bond motifs is 2. The van der Waals surface area contributed by atoms with Crippen molar-refractivity contribution in [2.45, 2.75) is 37.7 Å². The van der Waals surface area contributed by atoms with Crippen molar-refractivity contribution in [2.24, 2.45) is 11.8 Å². The molecule has 0 heterocycles. The van der Waals surface area contributed by atoms with Gasteiger partial charge >= 0.3 is 0 Å². The minimum absolute atomic E-state index is 0.293. The molecule has 1 heteroatoms. The summed E-state index contributed by atoms with van der Waals surface area (Å²) in [6, 6.07) is 0. The van der Waals surface area contributed by atoms with Gasteiger partial charge in [0.2, 0.25) is 0 Å². The van der Waals surface area contributed by atoms with Crippen molar-refractivity contribution in [2.75, 3.05) is 0 Å². The maximum absolute atomic E-state index is 10.1. The lowest BCUT2D eigenvalue weighted by Crippen LogP contribution is -2.31. The van der Waals surface area contributed by atoms with Crippen LogP contribution in [0.25, 0.3) is 0 Å². The second-order valence-electron chi connectivity index (χ2n) is 4.17. The Kier molecular flexibility index (Phi) is 1.57. The fraction of sp³-hybridized carbons (Fsp3) is 0.800. The van der Waals surface area contributed by atoms with Crippen LogP contribution < -0.4 is 0 Å². The van der Waals surface area contributed by atoms with Gasteiger partial charge in [-0.15, -0.1) is 6.58 Å². The average molecular weight is 152 g/mol. The molecule has 3 unspecified atom stereocenters. The molecule has 3 atom stereocenters. The van der Waals surface area contributed by atoms with Gasteiger partial charge in [-0.3, -0.25) is 0 Å². The lowest BCUT2D eigenvalue weighted by atomic mass is 9.83. The van der Waals surface area contributed by atoms with E-state index < -0.39 is 0 Å². The molecule has 0 aromatic heterocycles. The average Bonchev–Trinajstić information content (AvgIpc) is 2.44. The van der Waals surface area contributed by atoms with Crippen LogP contribution in [0, 0.1) is 11.8 Å². The summed E-state index contributed by atoms with van der Waals surface area (Å²) in [5, 5.41) is 10.1. The van der Waals surface area contributed by atoms with Crippen LogP contribution in [0.1, 0.15) is 32.1 Å². The summed E-state index contributed by atoms with van der Waals surface area (Å²) in [5.41, 5.74) is -0.293. The van der Waals surface area contributed by atoms with Gasteiger partial charge in [-0.1, -0.05) is 6.08 Å². The summed E-state index contributed by atoms with van der Waals surface area (Å²) in [6.07, 6.45) is 7.55. The highest BCUT2D eigenvalue weighted by Crippen LogP contribution is 2.52. The van der Waals surface area contributed by atoms with Crippen molar-refractivity contribution in [3.63, 3.8) is 0 Å². The summed E-state index contributed by atoms with van der Waals surface area (Å²) >= 11 is 0. The number of aliphatic hydroxyl groups is 1. The van der Waals surface area contributed by atoms with Crippen LogP contribution in [0.3, 0.4) is 0 Å². The van der Waals surface area contributed by atoms with Gasteiger partial charge in [0.1, 0.15) is 0 Å². The van der Waals surface area contributed by atoms with Gasteiger partial charge in [0, 0.05) is 0 Å². The third-order valence-corrected chi connectivity index (χ3v) is 3.46. The zero-order chi connectivity index (χ0) is 7.90. The highest BCUT2D eigenvalue weighted by Gasteiger charge is 2.49. The molecule has 0 amide bonds. The summed E-state index contributed by atoms with van der Waals surface area (Å²) in [7, 11) is 0. The fourth-order valence-electron chi connectivity index (χ4n) is 2.87. The van der Waals surface area contributed by atoms with Crippen molar-refractivity contribution in [3.05, 3.63) is 12.7 Å². The smallest absolute Gasteiger partial charge is 0.0681 e. The first kappa shape index (κ1) is 7.35. The second-order valence-corrected chi connectivity index (χ2v) is 4.17. The molecule has 11 heavy (non-hydrogen) atoms. The van der Waals surface area contributed by atoms with E-state index in [-0.39, 0.29) is 5.60 Å². The van der Waals surface area contributed by atoms with E-state index in [1.807, 2.05) is 6.08 Å². The third-order valence-electron chi connectivity index (χ3n) is 3.46. The molecule has 0 aliphatic heterocycles. The topological polar surface area (TPSA) is 20.2 Å². The number of hydrogen-bond donors (Lipinski definition) is 1. The van der Waals surface area contributed by atoms with Gasteiger partial charge < -0.3 is 5.11 Å². The molecule has 0 aromatic carbocycles. The highest BCUT2D eigenvalue weighted by molar-refractivity contribution is 5.03. The quantitative estimate of drug-likeness (QED) is 0.601. The van der Waals surface area contributed by atoms with Crippen LogP contribution in [0.4, 0.5) is 0 Å². The van der Waals surface area contributed by atoms with E-state index in [4.69, 9.17) is 0 Å². The monoisotopic (exact) mass is 152 g/mol. The summed E-state index contributed by atoms with van der Waals surface area (Å²) in [5.74, 6) is 1.35. The third kappa shape index (κ3) is 1.02. The fourth-order valence-corrected chi connectivity index (χ4v) is 2.87. The van der Waals surface area contributed by atoms with Gasteiger partial charge in [0.25, 0.3) is 0 Å². The molecular weight excluding hydrogens is 136 g/mol. The minimum atomic E-state index is -0.293. The Morgan fingerprint density at radius 1 is 1.64 bits per heavy atom. The van der Waals surface area contributed by atoms with Gasteiger partial charge in [-0.05, 0) is 43.9 Å². The zero-order valence-electron chi connectivity index (χ0n) is 6.92. The van der Waals surface area contributed by atoms with E-state index in [0.29, 0.717) is 5.92 Å². The maximum Gasteiger partial charge on any atom is 0.0681 e. The molecule has 0 spiro atoms. The number of hydrogen-bond acceptors (Lipinski definition) is 1. The highest BCUT2D eigenvalue weighted by atomic mass is 16.3. The van der Waals surface area contributed by atoms with Crippen molar-refractivity contribution in [1.82, 2.24) is 0 Å². The van der Waals surface area contributed by atoms with Gasteiger partial charge in [-0.2, -0.15) is 0 Å². The van der Waals surface area contributed by atoms with E-state index in [1.165, 1.54) is 12.8 Å². The Balaban J connectivity index is 2.08. The first-order valence-electron chi connectivity index (χ1n) is 4.58. The molecule has 62 valence electrons. The number of allylic oxidation sites excluding steroid dienone is 1. The molecule has 2 aliphatic rings. The molecule has 2 saturated carbocycles. The Morgan fingerprint density at radius 3 is 2.91 bits per heavy atom. The van der Waals surface area contributed by atoms with Crippen molar-refractivity contribution < 1.29 is 5.11 Å². The molecule has 0 aromatic rings. The standard InChI is InChI=1S/C10H16O/c1-2-3-9-6-8-4-5-10(9,11)7-8/h2,8-9,11H,1,3-7H2. The summed E-state index contributed by atoms with van der Waals surface area (Å²) < 4.78 is 0. The summed E-state index contributed by atoms with van der Waals surface area (Å²) in [6.45, 7) is 3.73. The first-order valence-corrected chi connectivity index (χ1v) is 4.58. The SMILES string of the molecule is C=CCC1CC2CCC1(O)C2. The number of rotatable bonds is 2. The molecular formula is C10H16O. The largest absolute Gasteiger partial charge is 0.390 e. The maximum atomic E-state index is 10.1. The van der Waals surface area contributed by atoms with Gasteiger partial charge in [-0.25, -0.2) is 0 Å². The van der Waals surface area contributed by atoms with E-state index >= 15 is 0 Å². The lowest BCUT2D eigenvalue weighted by Gasteiger charge is -2.28. The molecule has 2 aliphatic carbocycles. The molecule has 1 N–H and O–H groups in total. The van der Waals surface area contributed by atoms with Crippen molar-refractivity contribution in [1.29, 1.82) is 0 Å². The predicted molar refractivity (Wildman–Crippen MR) is 45.2 cm³/mol. The molecule has 1 nitrogen and oxygen atoms in total. The van der Waals surface area contributed by atoms with Crippen LogP contribution in [0.2, 0.25) is 0 Å². The Hall–Kier alpha value is -0.300. The summed E-state index contributed by atoms with van der Waals surface area (Å²) in [4.78, 5) is 0. The molecule has 2 rings (SSSR count). The van der Waals surface area contributed by atoms with Crippen LogP contribution in [0.5, 0.6) is 0 Å². The second kappa shape index (κ2) is 2.34. The normalized spacial score (nSPS) is 48.1. The van der Waals surface area contributed by atoms with Crippen molar-refractivity contribution >= 4 is 0 Å². The van der Waals surface area contributed by atoms with Crippen molar-refractivity contribution in [3.8, 4) is 0 Å². The first-order chi connectivity index (χ1) is 5.24. The van der Waals surface area contributed by atoms with Gasteiger partial charge in [0.05, 0.1) is 5.60 Å². The lowest BCUT2D eigenvalue weighted by molar-refractivity contribution is 0.00335. The van der Waals surface area contributed by atoms with Crippen LogP contribution in [-0.4, -0.2) is 10.7 Å². The molecule has 0 radical (unpaired) electrons. The van der Waals surface area contributed by atoms with E-state index in [0.717, 1.165) is 25.2 Å². The van der Waals surface area contributed by atoms with Crippen LogP contribution in [0.15, 0.2) is 12.7 Å². The van der Waals surface area contributed by atoms with Crippen LogP contribution in [-0.2, 0) is 0 Å². The van der Waals surface area contributed by atoms with E-state index in [1.54, 1.807) is 0 Å². The van der Waals surface area contributed by atoms with Crippen LogP contribution >= 0.6 is 0 Å². The van der Waals surface area contributed by atoms with Gasteiger partial charge in [0.15, 0.2) is 0 Å². The molecule has 0 saturated heterocycles. The van der Waals surface area contributed by atoms with E-state index in [2.05, 4.69) is 6.58 Å². The predicted octanol–water partition coefficient (Wildman–Crippen LogP) is 2.11. The Bertz CT molecular complexity index is 176. The Morgan fingerprint density at radius 2 is 2.45 bits per heavy atom. The molecule has 2 fully saturated rings.